The van der Waals surface area contributed by atoms with E-state index in [0.717, 1.165) is 49.7 Å². The number of hydrogen-bond acceptors (Lipinski definition) is 4. The van der Waals surface area contributed by atoms with Gasteiger partial charge in [-0.1, -0.05) is 50.2 Å². The Morgan fingerprint density at radius 3 is 2.34 bits per heavy atom. The number of anilines is 1. The highest BCUT2D eigenvalue weighted by molar-refractivity contribution is 7.16. The number of aryl methyl sites for hydroxylation is 1. The Bertz CT molecular complexity index is 1040. The summed E-state index contributed by atoms with van der Waals surface area (Å²) in [6.45, 7) is 8.93. The number of nitrogens with zero attached hydrogens (tertiary/aromatic N) is 2. The Morgan fingerprint density at radius 2 is 1.69 bits per heavy atom. The first kappa shape index (κ1) is 22.6. The van der Waals surface area contributed by atoms with Gasteiger partial charge in [0, 0.05) is 47.7 Å². The largest absolute Gasteiger partial charge is 0.313 e. The van der Waals surface area contributed by atoms with Crippen molar-refractivity contribution in [3.63, 3.8) is 0 Å². The molecule has 4 rings (SSSR count). The van der Waals surface area contributed by atoms with E-state index < -0.39 is 0 Å². The van der Waals surface area contributed by atoms with Crippen molar-refractivity contribution in [3.8, 4) is 0 Å². The topological polar surface area (TPSA) is 35.6 Å². The number of rotatable bonds is 7. The summed E-state index contributed by atoms with van der Waals surface area (Å²) in [6, 6.07) is 18.2. The highest BCUT2D eigenvalue weighted by atomic mass is 32.1. The molecular weight excluding hydrogens is 421 g/mol. The van der Waals surface area contributed by atoms with Crippen LogP contribution in [0.15, 0.2) is 60.7 Å². The standard InChI is InChI=1S/C26H30FN3OS/c1-3-20-18-22(26(32-20)28-25(31)19-10-6-5-7-11-19)24(21-12-8-9-13-23(21)27)30-16-14-29(4-2)15-17-30/h5-13,18,24H,3-4,14-17H2,1-2H3,(H,28,31)/t24-/m1/s1. The SMILES string of the molecule is CCc1cc([C@@H](c2ccccc2F)N2CCN(CC)CC2)c(NC(=O)c2ccccc2)s1. The number of thiophene rings is 1. The zero-order valence-corrected chi connectivity index (χ0v) is 19.5. The lowest BCUT2D eigenvalue weighted by Crippen LogP contribution is -2.47. The summed E-state index contributed by atoms with van der Waals surface area (Å²) in [5.74, 6) is -0.348. The molecule has 0 aliphatic carbocycles. The minimum absolute atomic E-state index is 0.139. The van der Waals surface area contributed by atoms with Gasteiger partial charge < -0.3 is 10.2 Å². The second kappa shape index (κ2) is 10.4. The smallest absolute Gasteiger partial charge is 0.256 e. The van der Waals surface area contributed by atoms with Crippen LogP contribution in [0.1, 0.15) is 46.3 Å². The summed E-state index contributed by atoms with van der Waals surface area (Å²) in [5, 5.41) is 3.94. The maximum absolute atomic E-state index is 15.1. The Kier molecular flexibility index (Phi) is 7.35. The quantitative estimate of drug-likeness (QED) is 0.520. The van der Waals surface area contributed by atoms with Crippen LogP contribution < -0.4 is 5.32 Å². The fraction of sp³-hybridized carbons (Fsp3) is 0.346. The molecule has 2 heterocycles. The van der Waals surface area contributed by atoms with Crippen LogP contribution in [0.3, 0.4) is 0 Å². The molecule has 168 valence electrons. The molecular formula is C26H30FN3OS. The second-order valence-corrected chi connectivity index (χ2v) is 9.20. The fourth-order valence-corrected chi connectivity index (χ4v) is 5.32. The Hall–Kier alpha value is -2.54. The summed E-state index contributed by atoms with van der Waals surface area (Å²) < 4.78 is 15.1. The third kappa shape index (κ3) is 4.93. The van der Waals surface area contributed by atoms with Crippen molar-refractivity contribution in [1.29, 1.82) is 0 Å². The summed E-state index contributed by atoms with van der Waals surface area (Å²) in [6.07, 6.45) is 0.868. The number of amides is 1. The zero-order chi connectivity index (χ0) is 22.5. The number of hydrogen-bond donors (Lipinski definition) is 1. The number of carbonyl (C=O) groups excluding carboxylic acids is 1. The third-order valence-corrected chi connectivity index (χ3v) is 7.35. The molecule has 1 aromatic heterocycles. The van der Waals surface area contributed by atoms with E-state index in [2.05, 4.69) is 35.0 Å². The van der Waals surface area contributed by atoms with Gasteiger partial charge in [-0.2, -0.15) is 0 Å². The van der Waals surface area contributed by atoms with E-state index in [0.29, 0.717) is 11.1 Å². The normalized spacial score (nSPS) is 16.1. The maximum Gasteiger partial charge on any atom is 0.256 e. The number of piperazine rings is 1. The lowest BCUT2D eigenvalue weighted by molar-refractivity contribution is 0.102. The minimum atomic E-state index is -0.238. The second-order valence-electron chi connectivity index (χ2n) is 8.07. The molecule has 0 saturated carbocycles. The molecule has 1 aliphatic rings. The van der Waals surface area contributed by atoms with Crippen molar-refractivity contribution in [2.45, 2.75) is 26.3 Å². The first-order valence-electron chi connectivity index (χ1n) is 11.3. The van der Waals surface area contributed by atoms with Crippen LogP contribution >= 0.6 is 11.3 Å². The van der Waals surface area contributed by atoms with Gasteiger partial charge in [-0.15, -0.1) is 11.3 Å². The Balaban J connectivity index is 1.73. The van der Waals surface area contributed by atoms with E-state index in [1.54, 1.807) is 17.4 Å². The van der Waals surface area contributed by atoms with Crippen molar-refractivity contribution in [3.05, 3.63) is 88.0 Å². The van der Waals surface area contributed by atoms with Gasteiger partial charge in [0.2, 0.25) is 0 Å². The predicted molar refractivity (Wildman–Crippen MR) is 130 cm³/mol. The molecule has 0 spiro atoms. The van der Waals surface area contributed by atoms with Crippen LogP contribution in [0.2, 0.25) is 0 Å². The molecule has 6 heteroatoms. The number of likely N-dealkylation sites (N-methyl/N-ethyl adjacent to an activating group) is 1. The number of nitrogens with one attached hydrogen (secondary N) is 1. The van der Waals surface area contributed by atoms with Gasteiger partial charge >= 0.3 is 0 Å². The molecule has 0 bridgehead atoms. The summed E-state index contributed by atoms with van der Waals surface area (Å²) >= 11 is 1.59. The van der Waals surface area contributed by atoms with Crippen LogP contribution in [-0.2, 0) is 6.42 Å². The van der Waals surface area contributed by atoms with E-state index in [1.807, 2.05) is 42.5 Å². The summed E-state index contributed by atoms with van der Waals surface area (Å²) in [4.78, 5) is 18.9. The molecule has 1 N–H and O–H groups in total. The number of benzene rings is 2. The van der Waals surface area contributed by atoms with Crippen molar-refractivity contribution in [1.82, 2.24) is 9.80 Å². The van der Waals surface area contributed by atoms with Crippen molar-refractivity contribution >= 4 is 22.2 Å². The van der Waals surface area contributed by atoms with Crippen molar-refractivity contribution < 1.29 is 9.18 Å². The van der Waals surface area contributed by atoms with Crippen LogP contribution in [0.5, 0.6) is 0 Å². The molecule has 1 saturated heterocycles. The van der Waals surface area contributed by atoms with Crippen LogP contribution in [0.25, 0.3) is 0 Å². The van der Waals surface area contributed by atoms with E-state index >= 15 is 4.39 Å². The van der Waals surface area contributed by atoms with Crippen LogP contribution in [0.4, 0.5) is 9.39 Å². The molecule has 1 aliphatic heterocycles. The maximum atomic E-state index is 15.1. The van der Waals surface area contributed by atoms with Gasteiger partial charge in [0.15, 0.2) is 0 Å². The van der Waals surface area contributed by atoms with Gasteiger partial charge in [-0.25, -0.2) is 4.39 Å². The summed E-state index contributed by atoms with van der Waals surface area (Å²) in [7, 11) is 0. The molecule has 1 fully saturated rings. The highest BCUT2D eigenvalue weighted by Gasteiger charge is 2.31. The minimum Gasteiger partial charge on any atom is -0.313 e. The monoisotopic (exact) mass is 451 g/mol. The van der Waals surface area contributed by atoms with E-state index in [1.165, 1.54) is 10.9 Å². The lowest BCUT2D eigenvalue weighted by atomic mass is 9.96. The zero-order valence-electron chi connectivity index (χ0n) is 18.7. The molecule has 1 amide bonds. The first-order chi connectivity index (χ1) is 15.6. The average Bonchev–Trinajstić information content (AvgIpc) is 3.24. The number of halogens is 1. The lowest BCUT2D eigenvalue weighted by Gasteiger charge is -2.39. The van der Waals surface area contributed by atoms with Gasteiger partial charge in [-0.05, 0) is 37.2 Å². The number of carbonyl (C=O) groups is 1. The van der Waals surface area contributed by atoms with E-state index in [-0.39, 0.29) is 17.8 Å². The van der Waals surface area contributed by atoms with Crippen molar-refractivity contribution in [2.75, 3.05) is 38.0 Å². The average molecular weight is 452 g/mol. The van der Waals surface area contributed by atoms with Crippen LogP contribution in [-0.4, -0.2) is 48.4 Å². The van der Waals surface area contributed by atoms with E-state index in [9.17, 15) is 4.79 Å². The van der Waals surface area contributed by atoms with Crippen LogP contribution in [0, 0.1) is 5.82 Å². The Labute approximate surface area is 193 Å². The molecule has 2 aromatic carbocycles. The van der Waals surface area contributed by atoms with Gasteiger partial charge in [0.25, 0.3) is 5.91 Å². The molecule has 32 heavy (non-hydrogen) atoms. The predicted octanol–water partition coefficient (Wildman–Crippen LogP) is 5.43. The first-order valence-corrected chi connectivity index (χ1v) is 12.1. The van der Waals surface area contributed by atoms with Gasteiger partial charge in [0.1, 0.15) is 10.8 Å². The van der Waals surface area contributed by atoms with Gasteiger partial charge in [0.05, 0.1) is 6.04 Å². The molecule has 3 aromatic rings. The highest BCUT2D eigenvalue weighted by Crippen LogP contribution is 2.40. The van der Waals surface area contributed by atoms with E-state index in [4.69, 9.17) is 0 Å². The third-order valence-electron chi connectivity index (χ3n) is 6.14. The fourth-order valence-electron chi connectivity index (χ4n) is 4.29. The Morgan fingerprint density at radius 1 is 1.00 bits per heavy atom. The molecule has 1 atom stereocenters. The molecule has 0 radical (unpaired) electrons. The van der Waals surface area contributed by atoms with Gasteiger partial charge in [-0.3, -0.25) is 9.69 Å². The van der Waals surface area contributed by atoms with Crippen molar-refractivity contribution in [2.24, 2.45) is 0 Å². The summed E-state index contributed by atoms with van der Waals surface area (Å²) in [5.41, 5.74) is 2.25. The molecule has 0 unspecified atom stereocenters. The molecule has 4 nitrogen and oxygen atoms in total.